The van der Waals surface area contributed by atoms with Crippen molar-refractivity contribution in [3.05, 3.63) is 65.5 Å². The van der Waals surface area contributed by atoms with Crippen LogP contribution in [0.25, 0.3) is 0 Å². The summed E-state index contributed by atoms with van der Waals surface area (Å²) in [6, 6.07) is 14.1. The number of ether oxygens (including phenoxy) is 2. The maximum Gasteiger partial charge on any atom is 0.256 e. The van der Waals surface area contributed by atoms with Crippen molar-refractivity contribution in [3.63, 3.8) is 0 Å². The molecule has 1 saturated heterocycles. The Kier molecular flexibility index (Phi) is 5.89. The Hall–Kier alpha value is -2.40. The minimum Gasteiger partial charge on any atom is -0.497 e. The molecule has 1 aliphatic heterocycles. The van der Waals surface area contributed by atoms with E-state index in [9.17, 15) is 9.18 Å². The fraction of sp³-hybridized carbons (Fsp3) is 0.381. The molecule has 26 heavy (non-hydrogen) atoms. The lowest BCUT2D eigenvalue weighted by Crippen LogP contribution is -2.47. The zero-order chi connectivity index (χ0) is 18.5. The lowest BCUT2D eigenvalue weighted by atomic mass is 9.88. The van der Waals surface area contributed by atoms with Gasteiger partial charge in [-0.1, -0.05) is 24.3 Å². The number of benzene rings is 2. The largest absolute Gasteiger partial charge is 0.497 e. The summed E-state index contributed by atoms with van der Waals surface area (Å²) in [5.74, 6) is 0.255. The first-order chi connectivity index (χ1) is 12.6. The van der Waals surface area contributed by atoms with Crippen molar-refractivity contribution in [1.29, 1.82) is 0 Å². The van der Waals surface area contributed by atoms with Crippen LogP contribution in [0.4, 0.5) is 4.39 Å². The van der Waals surface area contributed by atoms with Crippen LogP contribution in [0.1, 0.15) is 22.3 Å². The van der Waals surface area contributed by atoms with E-state index in [1.54, 1.807) is 37.3 Å². The van der Waals surface area contributed by atoms with Crippen LogP contribution in [0, 0.1) is 11.7 Å². The Labute approximate surface area is 153 Å². The molecule has 0 unspecified atom stereocenters. The van der Waals surface area contributed by atoms with Crippen LogP contribution in [0.3, 0.4) is 0 Å². The number of carbonyl (C=O) groups is 1. The third kappa shape index (κ3) is 4.05. The predicted molar refractivity (Wildman–Crippen MR) is 97.9 cm³/mol. The maximum absolute atomic E-state index is 14.0. The van der Waals surface area contributed by atoms with Crippen LogP contribution in [0.5, 0.6) is 5.75 Å². The van der Waals surface area contributed by atoms with E-state index in [0.717, 1.165) is 24.2 Å². The van der Waals surface area contributed by atoms with Gasteiger partial charge in [0, 0.05) is 26.1 Å². The molecule has 2 atom stereocenters. The minimum absolute atomic E-state index is 0.0850. The molecule has 1 fully saturated rings. The van der Waals surface area contributed by atoms with Gasteiger partial charge in [0.2, 0.25) is 0 Å². The Balaban J connectivity index is 1.73. The van der Waals surface area contributed by atoms with Gasteiger partial charge in [0.15, 0.2) is 0 Å². The van der Waals surface area contributed by atoms with Crippen LogP contribution >= 0.6 is 0 Å². The van der Waals surface area contributed by atoms with Gasteiger partial charge in [0.1, 0.15) is 11.6 Å². The Bertz CT molecular complexity index is 747. The first kappa shape index (κ1) is 18.4. The van der Waals surface area contributed by atoms with E-state index in [2.05, 4.69) is 0 Å². The molecule has 1 amide bonds. The molecule has 2 aromatic carbocycles. The maximum atomic E-state index is 14.0. The van der Waals surface area contributed by atoms with Crippen LogP contribution < -0.4 is 4.74 Å². The van der Waals surface area contributed by atoms with Crippen molar-refractivity contribution in [2.75, 3.05) is 27.3 Å². The molecule has 138 valence electrons. The van der Waals surface area contributed by atoms with Crippen LogP contribution in [0.2, 0.25) is 0 Å². The van der Waals surface area contributed by atoms with E-state index in [-0.39, 0.29) is 23.5 Å². The molecule has 0 N–H and O–H groups in total. The number of amides is 1. The summed E-state index contributed by atoms with van der Waals surface area (Å²) >= 11 is 0. The highest BCUT2D eigenvalue weighted by Gasteiger charge is 2.32. The van der Waals surface area contributed by atoms with Gasteiger partial charge in [-0.15, -0.1) is 0 Å². The number of methoxy groups -OCH3 is 2. The fourth-order valence-electron chi connectivity index (χ4n) is 3.57. The predicted octanol–water partition coefficient (Wildman–Crippen LogP) is 3.55. The van der Waals surface area contributed by atoms with Gasteiger partial charge in [0.05, 0.1) is 18.8 Å². The van der Waals surface area contributed by atoms with Gasteiger partial charge in [-0.25, -0.2) is 4.39 Å². The third-order valence-corrected chi connectivity index (χ3v) is 5.02. The quantitative estimate of drug-likeness (QED) is 0.821. The van der Waals surface area contributed by atoms with E-state index >= 15 is 0 Å². The van der Waals surface area contributed by atoms with E-state index < -0.39 is 5.82 Å². The average molecular weight is 357 g/mol. The molecule has 0 radical (unpaired) electrons. The van der Waals surface area contributed by atoms with Crippen molar-refractivity contribution < 1.29 is 18.7 Å². The number of halogens is 1. The Morgan fingerprint density at radius 1 is 1.15 bits per heavy atom. The highest BCUT2D eigenvalue weighted by Crippen LogP contribution is 2.26. The summed E-state index contributed by atoms with van der Waals surface area (Å²) in [6.07, 6.45) is 1.63. The topological polar surface area (TPSA) is 38.8 Å². The van der Waals surface area contributed by atoms with Gasteiger partial charge in [0.25, 0.3) is 5.91 Å². The highest BCUT2D eigenvalue weighted by molar-refractivity contribution is 5.94. The van der Waals surface area contributed by atoms with Gasteiger partial charge in [-0.2, -0.15) is 0 Å². The molecule has 0 aromatic heterocycles. The van der Waals surface area contributed by atoms with E-state index in [0.29, 0.717) is 13.1 Å². The van der Waals surface area contributed by atoms with Gasteiger partial charge in [-0.05, 0) is 42.7 Å². The summed E-state index contributed by atoms with van der Waals surface area (Å²) in [7, 11) is 3.35. The Morgan fingerprint density at radius 3 is 2.54 bits per heavy atom. The third-order valence-electron chi connectivity index (χ3n) is 5.02. The fourth-order valence-corrected chi connectivity index (χ4v) is 3.57. The molecular weight excluding hydrogens is 333 g/mol. The lowest BCUT2D eigenvalue weighted by Gasteiger charge is -2.38. The first-order valence-electron chi connectivity index (χ1n) is 8.82. The summed E-state index contributed by atoms with van der Waals surface area (Å²) in [4.78, 5) is 14.5. The molecule has 0 spiro atoms. The Morgan fingerprint density at radius 2 is 1.88 bits per heavy atom. The molecule has 1 heterocycles. The van der Waals surface area contributed by atoms with Crippen LogP contribution in [-0.2, 0) is 11.2 Å². The second-order valence-electron chi connectivity index (χ2n) is 6.61. The number of piperidine rings is 1. The average Bonchev–Trinajstić information content (AvgIpc) is 2.68. The first-order valence-corrected chi connectivity index (χ1v) is 8.82. The van der Waals surface area contributed by atoms with Crippen molar-refractivity contribution in [1.82, 2.24) is 4.90 Å². The summed E-state index contributed by atoms with van der Waals surface area (Å²) in [6.45, 7) is 1.13. The summed E-state index contributed by atoms with van der Waals surface area (Å²) in [5, 5.41) is 0. The number of hydrogen-bond donors (Lipinski definition) is 0. The number of rotatable bonds is 5. The van der Waals surface area contributed by atoms with E-state index in [1.807, 2.05) is 24.3 Å². The summed E-state index contributed by atoms with van der Waals surface area (Å²) in [5.41, 5.74) is 1.30. The molecule has 2 aromatic rings. The van der Waals surface area contributed by atoms with Crippen LogP contribution in [-0.4, -0.2) is 44.2 Å². The molecule has 0 aliphatic carbocycles. The second-order valence-corrected chi connectivity index (χ2v) is 6.61. The second kappa shape index (κ2) is 8.32. The van der Waals surface area contributed by atoms with Crippen molar-refractivity contribution >= 4 is 5.91 Å². The SMILES string of the molecule is COc1ccc(C[C@@H]2CN(C(=O)c3ccccc3F)CC[C@@H]2OC)cc1. The number of hydrogen-bond acceptors (Lipinski definition) is 3. The van der Waals surface area contributed by atoms with Crippen LogP contribution in [0.15, 0.2) is 48.5 Å². The normalized spacial score (nSPS) is 20.0. The highest BCUT2D eigenvalue weighted by atomic mass is 19.1. The number of nitrogens with zero attached hydrogens (tertiary/aromatic N) is 1. The summed E-state index contributed by atoms with van der Waals surface area (Å²) < 4.78 is 24.8. The number of carbonyl (C=O) groups excluding carboxylic acids is 1. The molecule has 3 rings (SSSR count). The lowest BCUT2D eigenvalue weighted by molar-refractivity contribution is -0.00312. The standard InChI is InChI=1S/C21H24FNO3/c1-25-17-9-7-15(8-10-17)13-16-14-23(12-11-20(16)26-2)21(24)18-5-3-4-6-19(18)22/h3-10,16,20H,11-14H2,1-2H3/t16-,20+/m1/s1. The zero-order valence-electron chi connectivity index (χ0n) is 15.2. The monoisotopic (exact) mass is 357 g/mol. The minimum atomic E-state index is -0.474. The number of likely N-dealkylation sites (tertiary alicyclic amines) is 1. The van der Waals surface area contributed by atoms with E-state index in [4.69, 9.17) is 9.47 Å². The molecule has 4 nitrogen and oxygen atoms in total. The van der Waals surface area contributed by atoms with Gasteiger partial charge < -0.3 is 14.4 Å². The molecule has 0 saturated carbocycles. The molecular formula is C21H24FNO3. The molecule has 0 bridgehead atoms. The molecule has 1 aliphatic rings. The van der Waals surface area contributed by atoms with Crippen molar-refractivity contribution in [2.24, 2.45) is 5.92 Å². The van der Waals surface area contributed by atoms with Gasteiger partial charge >= 0.3 is 0 Å². The van der Waals surface area contributed by atoms with Gasteiger partial charge in [-0.3, -0.25) is 4.79 Å². The zero-order valence-corrected chi connectivity index (χ0v) is 15.2. The van der Waals surface area contributed by atoms with E-state index in [1.165, 1.54) is 6.07 Å². The van der Waals surface area contributed by atoms with Crippen molar-refractivity contribution in [2.45, 2.75) is 18.9 Å². The smallest absolute Gasteiger partial charge is 0.256 e. The van der Waals surface area contributed by atoms with Crippen molar-refractivity contribution in [3.8, 4) is 5.75 Å². The molecule has 5 heteroatoms.